The zero-order chi connectivity index (χ0) is 19.1. The molecule has 0 saturated carbocycles. The van der Waals surface area contributed by atoms with Crippen molar-refractivity contribution in [1.29, 1.82) is 0 Å². The van der Waals surface area contributed by atoms with Crippen molar-refractivity contribution in [3.05, 3.63) is 35.8 Å². The molecule has 0 amide bonds. The number of nitrogens with one attached hydrogen (secondary N) is 3. The smallest absolute Gasteiger partial charge is 0.191 e. The Bertz CT molecular complexity index is 760. The third-order valence-corrected chi connectivity index (χ3v) is 4.94. The van der Waals surface area contributed by atoms with Crippen LogP contribution in [0.2, 0.25) is 0 Å². The van der Waals surface area contributed by atoms with E-state index in [0.717, 1.165) is 74.8 Å². The molecule has 0 spiro atoms. The number of hydrogen-bond acceptors (Lipinski definition) is 3. The van der Waals surface area contributed by atoms with E-state index < -0.39 is 0 Å². The lowest BCUT2D eigenvalue weighted by atomic mass is 10.1. The molecule has 3 N–H and O–H groups in total. The fraction of sp³-hybridized carbons (Fsp3) is 0.550. The Hall–Kier alpha value is -1.39. The Kier molecular flexibility index (Phi) is 9.46. The molecule has 1 aliphatic heterocycles. The topological polar surface area (TPSA) is 64.7 Å². The summed E-state index contributed by atoms with van der Waals surface area (Å²) < 4.78 is 18.9. The minimum absolute atomic E-state index is 0. The quantitative estimate of drug-likeness (QED) is 0.309. The van der Waals surface area contributed by atoms with Crippen molar-refractivity contribution in [2.24, 2.45) is 4.99 Å². The molecule has 1 fully saturated rings. The predicted molar refractivity (Wildman–Crippen MR) is 123 cm³/mol. The largest absolute Gasteiger partial charge is 0.379 e. The third-order valence-electron chi connectivity index (χ3n) is 4.94. The standard InChI is InChI=1S/C20H30FN5O.HI/c1-3-22-20(25-13-15(2)26-8-10-27-11-9-26)23-7-6-16-14-24-19-5-4-17(21)12-18(16)19;/h4-5,12,14-15,24H,3,6-11,13H2,1-2H3,(H2,22,23,25);1H. The summed E-state index contributed by atoms with van der Waals surface area (Å²) in [6, 6.07) is 5.23. The van der Waals surface area contributed by atoms with Crippen molar-refractivity contribution in [2.45, 2.75) is 26.3 Å². The molecule has 1 aliphatic rings. The first-order valence-electron chi connectivity index (χ1n) is 9.77. The van der Waals surface area contributed by atoms with E-state index in [0.29, 0.717) is 6.04 Å². The first-order valence-corrected chi connectivity index (χ1v) is 9.77. The number of rotatable bonds is 7. The number of nitrogens with zero attached hydrogens (tertiary/aromatic N) is 2. The molecule has 1 atom stereocenters. The lowest BCUT2D eigenvalue weighted by molar-refractivity contribution is 0.0220. The normalized spacial score (nSPS) is 16.6. The second-order valence-electron chi connectivity index (χ2n) is 6.90. The van der Waals surface area contributed by atoms with Gasteiger partial charge >= 0.3 is 0 Å². The van der Waals surface area contributed by atoms with E-state index in [1.807, 2.05) is 6.20 Å². The lowest BCUT2D eigenvalue weighted by Gasteiger charge is -2.31. The molecule has 1 saturated heterocycles. The second kappa shape index (κ2) is 11.6. The molecule has 8 heteroatoms. The van der Waals surface area contributed by atoms with Gasteiger partial charge in [-0.15, -0.1) is 24.0 Å². The van der Waals surface area contributed by atoms with E-state index in [1.54, 1.807) is 12.1 Å². The molecule has 0 aliphatic carbocycles. The summed E-state index contributed by atoms with van der Waals surface area (Å²) in [5.41, 5.74) is 2.07. The monoisotopic (exact) mass is 503 g/mol. The van der Waals surface area contributed by atoms with Crippen LogP contribution in [0.4, 0.5) is 4.39 Å². The van der Waals surface area contributed by atoms with Crippen molar-refractivity contribution in [2.75, 3.05) is 45.9 Å². The maximum absolute atomic E-state index is 13.5. The van der Waals surface area contributed by atoms with Gasteiger partial charge < -0.3 is 20.4 Å². The van der Waals surface area contributed by atoms with E-state index in [2.05, 4.69) is 34.4 Å². The SMILES string of the molecule is CCNC(=NCC(C)N1CCOCC1)NCCc1c[nH]c2ccc(F)cc12.I. The van der Waals surface area contributed by atoms with Gasteiger partial charge in [0.15, 0.2) is 5.96 Å². The van der Waals surface area contributed by atoms with E-state index in [9.17, 15) is 4.39 Å². The molecule has 1 aromatic heterocycles. The Balaban J connectivity index is 0.00000280. The summed E-state index contributed by atoms with van der Waals surface area (Å²) in [6.07, 6.45) is 2.75. The minimum atomic E-state index is -0.205. The number of morpholine rings is 1. The summed E-state index contributed by atoms with van der Waals surface area (Å²) in [5.74, 6) is 0.618. The van der Waals surface area contributed by atoms with E-state index >= 15 is 0 Å². The molecule has 0 bridgehead atoms. The lowest BCUT2D eigenvalue weighted by Crippen LogP contribution is -2.44. The van der Waals surface area contributed by atoms with Crippen molar-refractivity contribution >= 4 is 40.8 Å². The zero-order valence-electron chi connectivity index (χ0n) is 16.6. The van der Waals surface area contributed by atoms with Crippen LogP contribution in [0, 0.1) is 5.82 Å². The first-order chi connectivity index (χ1) is 13.2. The highest BCUT2D eigenvalue weighted by Gasteiger charge is 2.16. The molecule has 6 nitrogen and oxygen atoms in total. The van der Waals surface area contributed by atoms with E-state index in [-0.39, 0.29) is 29.8 Å². The minimum Gasteiger partial charge on any atom is -0.379 e. The molecular formula is C20H31FIN5O. The molecule has 1 unspecified atom stereocenters. The Morgan fingerprint density at radius 2 is 2.11 bits per heavy atom. The van der Waals surface area contributed by atoms with Crippen LogP contribution in [-0.4, -0.2) is 67.8 Å². The highest BCUT2D eigenvalue weighted by molar-refractivity contribution is 14.0. The van der Waals surface area contributed by atoms with Gasteiger partial charge in [-0.3, -0.25) is 9.89 Å². The molecule has 28 heavy (non-hydrogen) atoms. The number of aliphatic imine (C=N–C) groups is 1. The highest BCUT2D eigenvalue weighted by Crippen LogP contribution is 2.19. The fourth-order valence-corrected chi connectivity index (χ4v) is 3.37. The first kappa shape index (κ1) is 22.9. The highest BCUT2D eigenvalue weighted by atomic mass is 127. The Morgan fingerprint density at radius 1 is 1.32 bits per heavy atom. The van der Waals surface area contributed by atoms with Gasteiger partial charge in [0, 0.05) is 49.3 Å². The number of aromatic amines is 1. The summed E-state index contributed by atoms with van der Waals surface area (Å²) in [7, 11) is 0. The van der Waals surface area contributed by atoms with Crippen LogP contribution in [0.15, 0.2) is 29.4 Å². The van der Waals surface area contributed by atoms with Crippen molar-refractivity contribution in [1.82, 2.24) is 20.5 Å². The summed E-state index contributed by atoms with van der Waals surface area (Å²) in [6.45, 7) is 10.1. The average molecular weight is 503 g/mol. The molecule has 156 valence electrons. The average Bonchev–Trinajstić information content (AvgIpc) is 3.08. The predicted octanol–water partition coefficient (Wildman–Crippen LogP) is 2.74. The van der Waals surface area contributed by atoms with Crippen LogP contribution in [0.25, 0.3) is 10.9 Å². The number of aromatic nitrogens is 1. The molecule has 2 heterocycles. The maximum atomic E-state index is 13.5. The van der Waals surface area contributed by atoms with Crippen LogP contribution in [0.5, 0.6) is 0 Å². The van der Waals surface area contributed by atoms with Crippen LogP contribution < -0.4 is 10.6 Å². The van der Waals surface area contributed by atoms with Gasteiger partial charge in [0.2, 0.25) is 0 Å². The van der Waals surface area contributed by atoms with Gasteiger partial charge in [0.25, 0.3) is 0 Å². The van der Waals surface area contributed by atoms with E-state index in [4.69, 9.17) is 9.73 Å². The fourth-order valence-electron chi connectivity index (χ4n) is 3.37. The third kappa shape index (κ3) is 6.31. The molecule has 1 aromatic carbocycles. The summed E-state index contributed by atoms with van der Waals surface area (Å²) >= 11 is 0. The Labute approximate surface area is 183 Å². The molecular weight excluding hydrogens is 472 g/mol. The number of ether oxygens (including phenoxy) is 1. The van der Waals surface area contributed by atoms with Crippen LogP contribution >= 0.6 is 24.0 Å². The maximum Gasteiger partial charge on any atom is 0.191 e. The van der Waals surface area contributed by atoms with Crippen molar-refractivity contribution < 1.29 is 9.13 Å². The summed E-state index contributed by atoms with van der Waals surface area (Å²) in [5, 5.41) is 7.62. The van der Waals surface area contributed by atoms with Crippen molar-refractivity contribution in [3.63, 3.8) is 0 Å². The summed E-state index contributed by atoms with van der Waals surface area (Å²) in [4.78, 5) is 10.3. The number of halogens is 2. The van der Waals surface area contributed by atoms with Gasteiger partial charge in [-0.2, -0.15) is 0 Å². The number of H-pyrrole nitrogens is 1. The van der Waals surface area contributed by atoms with Gasteiger partial charge in [-0.25, -0.2) is 4.39 Å². The van der Waals surface area contributed by atoms with Crippen LogP contribution in [-0.2, 0) is 11.2 Å². The van der Waals surface area contributed by atoms with Gasteiger partial charge in [0.05, 0.1) is 19.8 Å². The molecule has 2 aromatic rings. The van der Waals surface area contributed by atoms with Gasteiger partial charge in [-0.1, -0.05) is 0 Å². The zero-order valence-corrected chi connectivity index (χ0v) is 19.0. The van der Waals surface area contributed by atoms with Crippen LogP contribution in [0.3, 0.4) is 0 Å². The van der Waals surface area contributed by atoms with Gasteiger partial charge in [-0.05, 0) is 44.0 Å². The van der Waals surface area contributed by atoms with Crippen molar-refractivity contribution in [3.8, 4) is 0 Å². The number of fused-ring (bicyclic) bond motifs is 1. The van der Waals surface area contributed by atoms with Crippen LogP contribution in [0.1, 0.15) is 19.4 Å². The number of benzene rings is 1. The molecule has 3 rings (SSSR count). The molecule has 0 radical (unpaired) electrons. The Morgan fingerprint density at radius 3 is 2.86 bits per heavy atom. The van der Waals surface area contributed by atoms with E-state index in [1.165, 1.54) is 6.07 Å². The number of guanidine groups is 1. The second-order valence-corrected chi connectivity index (χ2v) is 6.90. The van der Waals surface area contributed by atoms with Gasteiger partial charge in [0.1, 0.15) is 5.82 Å². The number of hydrogen-bond donors (Lipinski definition) is 3.